The van der Waals surface area contributed by atoms with Crippen LogP contribution < -0.4 is 10.2 Å². The number of fused-ring (bicyclic) bond motifs is 1. The van der Waals surface area contributed by atoms with Gasteiger partial charge in [0.05, 0.1) is 17.0 Å². The maximum Gasteiger partial charge on any atom is 0.223 e. The summed E-state index contributed by atoms with van der Waals surface area (Å²) in [6.45, 7) is 6.40. The van der Waals surface area contributed by atoms with E-state index in [9.17, 15) is 5.11 Å². The maximum absolute atomic E-state index is 10.0. The average Bonchev–Trinajstić information content (AvgIpc) is 2.79. The van der Waals surface area contributed by atoms with Crippen LogP contribution in [0.15, 0.2) is 12.4 Å². The fourth-order valence-electron chi connectivity index (χ4n) is 5.33. The Kier molecular flexibility index (Phi) is 7.46. The van der Waals surface area contributed by atoms with E-state index >= 15 is 0 Å². The third-order valence-electron chi connectivity index (χ3n) is 7.29. The van der Waals surface area contributed by atoms with E-state index in [0.717, 1.165) is 68.3 Å². The van der Waals surface area contributed by atoms with Crippen LogP contribution in [0, 0.1) is 0 Å². The molecule has 1 saturated carbocycles. The normalized spacial score (nSPS) is 25.3. The van der Waals surface area contributed by atoms with Gasteiger partial charge in [0.15, 0.2) is 0 Å². The largest absolute Gasteiger partial charge is 0.393 e. The van der Waals surface area contributed by atoms with Crippen molar-refractivity contribution in [3.8, 4) is 0 Å². The third kappa shape index (κ3) is 5.15. The van der Waals surface area contributed by atoms with Crippen molar-refractivity contribution in [2.24, 2.45) is 0 Å². The Hall–Kier alpha value is -1.99. The molecule has 0 radical (unpaired) electrons. The first-order valence-corrected chi connectivity index (χ1v) is 12.5. The molecule has 7 nitrogen and oxygen atoms in total. The summed E-state index contributed by atoms with van der Waals surface area (Å²) in [4.78, 5) is 19.5. The SMILES string of the molecule is CCCC(C)Nc1ncc2c(N3CCC[C@@H](N(C)C)C3)ncc([C@H]3CC[C@H](O)CC3)c2n1. The van der Waals surface area contributed by atoms with Crippen molar-refractivity contribution in [1.29, 1.82) is 0 Å². The minimum Gasteiger partial charge on any atom is -0.393 e. The van der Waals surface area contributed by atoms with E-state index in [0.29, 0.717) is 23.9 Å². The Labute approximate surface area is 192 Å². The van der Waals surface area contributed by atoms with E-state index in [2.05, 4.69) is 49.3 Å². The molecule has 3 heterocycles. The van der Waals surface area contributed by atoms with Gasteiger partial charge < -0.3 is 20.2 Å². The smallest absolute Gasteiger partial charge is 0.223 e. The first-order valence-electron chi connectivity index (χ1n) is 12.5. The summed E-state index contributed by atoms with van der Waals surface area (Å²) in [7, 11) is 4.33. The molecule has 32 heavy (non-hydrogen) atoms. The van der Waals surface area contributed by atoms with E-state index in [4.69, 9.17) is 15.0 Å². The number of aliphatic hydroxyl groups excluding tert-OH is 1. The molecule has 0 aromatic carbocycles. The summed E-state index contributed by atoms with van der Waals surface area (Å²) in [5, 5.41) is 14.6. The summed E-state index contributed by atoms with van der Waals surface area (Å²) in [5.41, 5.74) is 2.25. The number of pyridine rings is 1. The van der Waals surface area contributed by atoms with Gasteiger partial charge in [0.2, 0.25) is 5.95 Å². The van der Waals surface area contributed by atoms with Crippen molar-refractivity contribution in [3.63, 3.8) is 0 Å². The molecule has 4 rings (SSSR count). The standard InChI is InChI=1S/C25H40N6O/c1-5-7-17(2)28-25-27-15-22-23(29-25)21(18-9-11-20(32)12-10-18)14-26-24(22)31-13-6-8-19(16-31)30(3)4/h14-15,17-20,32H,5-13,16H2,1-4H3,(H,27,28,29)/t17?,18-,19-,20-/m1/s1. The number of hydrogen-bond acceptors (Lipinski definition) is 7. The molecule has 1 aliphatic heterocycles. The number of aromatic nitrogens is 3. The molecular weight excluding hydrogens is 400 g/mol. The summed E-state index contributed by atoms with van der Waals surface area (Å²) < 4.78 is 0. The zero-order valence-corrected chi connectivity index (χ0v) is 20.2. The summed E-state index contributed by atoms with van der Waals surface area (Å²) in [6.07, 6.45) is 12.2. The number of anilines is 2. The second-order valence-electron chi connectivity index (χ2n) is 10.0. The zero-order valence-electron chi connectivity index (χ0n) is 20.2. The molecule has 2 fully saturated rings. The van der Waals surface area contributed by atoms with Crippen LogP contribution in [0.1, 0.15) is 76.7 Å². The minimum atomic E-state index is -0.164. The second-order valence-corrected chi connectivity index (χ2v) is 10.0. The highest BCUT2D eigenvalue weighted by atomic mass is 16.3. The molecule has 1 aliphatic carbocycles. The molecule has 0 spiro atoms. The number of aliphatic hydroxyl groups is 1. The van der Waals surface area contributed by atoms with E-state index in [1.165, 1.54) is 18.4 Å². The van der Waals surface area contributed by atoms with Gasteiger partial charge in [-0.25, -0.2) is 15.0 Å². The lowest BCUT2D eigenvalue weighted by molar-refractivity contribution is 0.122. The summed E-state index contributed by atoms with van der Waals surface area (Å²) in [6, 6.07) is 0.881. The Morgan fingerprint density at radius 3 is 2.66 bits per heavy atom. The monoisotopic (exact) mass is 440 g/mol. The molecule has 2 N–H and O–H groups in total. The van der Waals surface area contributed by atoms with Gasteiger partial charge in [0, 0.05) is 43.1 Å². The van der Waals surface area contributed by atoms with Gasteiger partial charge >= 0.3 is 0 Å². The lowest BCUT2D eigenvalue weighted by atomic mass is 9.82. The number of likely N-dealkylation sites (N-methyl/N-ethyl adjacent to an activating group) is 1. The van der Waals surface area contributed by atoms with Crippen molar-refractivity contribution in [1.82, 2.24) is 19.9 Å². The number of piperidine rings is 1. The van der Waals surface area contributed by atoms with Crippen molar-refractivity contribution in [2.45, 2.75) is 89.3 Å². The van der Waals surface area contributed by atoms with Crippen LogP contribution in [0.2, 0.25) is 0 Å². The van der Waals surface area contributed by atoms with Crippen LogP contribution in [0.25, 0.3) is 10.9 Å². The molecule has 1 unspecified atom stereocenters. The van der Waals surface area contributed by atoms with Crippen LogP contribution >= 0.6 is 0 Å². The van der Waals surface area contributed by atoms with Crippen LogP contribution in [-0.4, -0.2) is 70.3 Å². The van der Waals surface area contributed by atoms with E-state index < -0.39 is 0 Å². The minimum absolute atomic E-state index is 0.164. The molecule has 2 aliphatic rings. The molecule has 2 atom stereocenters. The molecule has 2 aromatic heterocycles. The predicted molar refractivity (Wildman–Crippen MR) is 131 cm³/mol. The van der Waals surface area contributed by atoms with E-state index in [1.54, 1.807) is 0 Å². The number of nitrogens with one attached hydrogen (secondary N) is 1. The van der Waals surface area contributed by atoms with Gasteiger partial charge in [-0.05, 0) is 71.9 Å². The average molecular weight is 441 g/mol. The highest BCUT2D eigenvalue weighted by molar-refractivity contribution is 5.92. The molecule has 0 bridgehead atoms. The fraction of sp³-hybridized carbons (Fsp3) is 0.720. The van der Waals surface area contributed by atoms with Crippen molar-refractivity contribution in [2.75, 3.05) is 37.4 Å². The predicted octanol–water partition coefficient (Wildman–Crippen LogP) is 4.17. The summed E-state index contributed by atoms with van der Waals surface area (Å²) in [5.74, 6) is 2.12. The van der Waals surface area contributed by atoms with Crippen LogP contribution in [0.3, 0.4) is 0 Å². The Morgan fingerprint density at radius 1 is 1.16 bits per heavy atom. The molecule has 7 heteroatoms. The van der Waals surface area contributed by atoms with Crippen molar-refractivity contribution in [3.05, 3.63) is 18.0 Å². The molecular formula is C25H40N6O. The number of hydrogen-bond donors (Lipinski definition) is 2. The van der Waals surface area contributed by atoms with Crippen molar-refractivity contribution < 1.29 is 5.11 Å². The Morgan fingerprint density at radius 2 is 1.94 bits per heavy atom. The van der Waals surface area contributed by atoms with Gasteiger partial charge in [-0.15, -0.1) is 0 Å². The fourth-order valence-corrected chi connectivity index (χ4v) is 5.33. The quantitative estimate of drug-likeness (QED) is 0.669. The topological polar surface area (TPSA) is 77.4 Å². The van der Waals surface area contributed by atoms with Gasteiger partial charge in [-0.2, -0.15) is 0 Å². The second kappa shape index (κ2) is 10.3. The first kappa shape index (κ1) is 23.2. The first-order chi connectivity index (χ1) is 15.5. The Balaban J connectivity index is 1.71. The third-order valence-corrected chi connectivity index (χ3v) is 7.29. The molecule has 1 saturated heterocycles. The van der Waals surface area contributed by atoms with Gasteiger partial charge in [-0.1, -0.05) is 13.3 Å². The van der Waals surface area contributed by atoms with Gasteiger partial charge in [0.25, 0.3) is 0 Å². The lowest BCUT2D eigenvalue weighted by Crippen LogP contribution is -2.45. The highest BCUT2D eigenvalue weighted by Crippen LogP contribution is 2.38. The van der Waals surface area contributed by atoms with E-state index in [-0.39, 0.29) is 6.10 Å². The molecule has 0 amide bonds. The lowest BCUT2D eigenvalue weighted by Gasteiger charge is -2.37. The number of nitrogens with zero attached hydrogens (tertiary/aromatic N) is 5. The highest BCUT2D eigenvalue weighted by Gasteiger charge is 2.27. The van der Waals surface area contributed by atoms with Crippen LogP contribution in [-0.2, 0) is 0 Å². The molecule has 176 valence electrons. The van der Waals surface area contributed by atoms with Gasteiger partial charge in [-0.3, -0.25) is 0 Å². The Bertz CT molecular complexity index is 895. The van der Waals surface area contributed by atoms with Crippen molar-refractivity contribution >= 4 is 22.7 Å². The number of rotatable bonds is 7. The summed E-state index contributed by atoms with van der Waals surface area (Å²) >= 11 is 0. The van der Waals surface area contributed by atoms with Gasteiger partial charge in [0.1, 0.15) is 5.82 Å². The zero-order chi connectivity index (χ0) is 22.7. The van der Waals surface area contributed by atoms with E-state index in [1.807, 2.05) is 6.20 Å². The van der Waals surface area contributed by atoms with Crippen LogP contribution in [0.4, 0.5) is 11.8 Å². The molecule has 2 aromatic rings. The van der Waals surface area contributed by atoms with Crippen LogP contribution in [0.5, 0.6) is 0 Å². The maximum atomic E-state index is 10.0.